The minimum Gasteiger partial charge on any atom is -0.305 e. The van der Waals surface area contributed by atoms with E-state index in [2.05, 4.69) is 18.0 Å². The molecule has 0 fully saturated rings. The van der Waals surface area contributed by atoms with Crippen LogP contribution in [0.1, 0.15) is 18.1 Å². The summed E-state index contributed by atoms with van der Waals surface area (Å²) in [6, 6.07) is 4.05. The third-order valence-corrected chi connectivity index (χ3v) is 2.80. The highest BCUT2D eigenvalue weighted by molar-refractivity contribution is 5.79. The van der Waals surface area contributed by atoms with Crippen molar-refractivity contribution in [2.75, 3.05) is 0 Å². The molecule has 2 aromatic rings. The molecule has 0 atom stereocenters. The van der Waals surface area contributed by atoms with E-state index in [4.69, 9.17) is 0 Å². The standard InChI is InChI=1S/C11H14N2O/c1-4-13-9-6-5-7(2)8(3)10(9)12-11(13)14/h5-6H,4H2,1-3H3,(H,12,14). The van der Waals surface area contributed by atoms with Gasteiger partial charge in [0.1, 0.15) is 0 Å². The number of aromatic amines is 1. The molecule has 0 aliphatic heterocycles. The summed E-state index contributed by atoms with van der Waals surface area (Å²) in [6.07, 6.45) is 0. The molecule has 3 nitrogen and oxygen atoms in total. The fourth-order valence-corrected chi connectivity index (χ4v) is 1.78. The van der Waals surface area contributed by atoms with E-state index in [0.717, 1.165) is 16.6 Å². The highest BCUT2D eigenvalue weighted by Gasteiger charge is 2.07. The van der Waals surface area contributed by atoms with Gasteiger partial charge in [-0.25, -0.2) is 4.79 Å². The van der Waals surface area contributed by atoms with Crippen molar-refractivity contribution < 1.29 is 0 Å². The Morgan fingerprint density at radius 2 is 2.07 bits per heavy atom. The summed E-state index contributed by atoms with van der Waals surface area (Å²) < 4.78 is 1.75. The highest BCUT2D eigenvalue weighted by Crippen LogP contribution is 2.18. The van der Waals surface area contributed by atoms with Crippen molar-refractivity contribution in [2.45, 2.75) is 27.3 Å². The first-order chi connectivity index (χ1) is 6.65. The van der Waals surface area contributed by atoms with Crippen molar-refractivity contribution >= 4 is 11.0 Å². The highest BCUT2D eigenvalue weighted by atomic mass is 16.1. The number of H-pyrrole nitrogens is 1. The van der Waals surface area contributed by atoms with Gasteiger partial charge in [-0.3, -0.25) is 4.57 Å². The molecule has 0 saturated heterocycles. The Morgan fingerprint density at radius 3 is 2.71 bits per heavy atom. The van der Waals surface area contributed by atoms with Crippen LogP contribution in [-0.2, 0) is 6.54 Å². The Labute approximate surface area is 82.4 Å². The number of rotatable bonds is 1. The van der Waals surface area contributed by atoms with E-state index in [-0.39, 0.29) is 5.69 Å². The molecule has 0 spiro atoms. The van der Waals surface area contributed by atoms with Crippen molar-refractivity contribution in [1.82, 2.24) is 9.55 Å². The van der Waals surface area contributed by atoms with E-state index in [9.17, 15) is 4.79 Å². The first kappa shape index (κ1) is 9.06. The van der Waals surface area contributed by atoms with Crippen LogP contribution in [0, 0.1) is 13.8 Å². The lowest BCUT2D eigenvalue weighted by atomic mass is 10.1. The maximum absolute atomic E-state index is 11.5. The quantitative estimate of drug-likeness (QED) is 0.733. The van der Waals surface area contributed by atoms with E-state index in [0.29, 0.717) is 6.54 Å². The van der Waals surface area contributed by atoms with Crippen LogP contribution >= 0.6 is 0 Å². The van der Waals surface area contributed by atoms with Gasteiger partial charge in [0.15, 0.2) is 0 Å². The summed E-state index contributed by atoms with van der Waals surface area (Å²) in [5.41, 5.74) is 4.32. The smallest absolute Gasteiger partial charge is 0.305 e. The number of nitrogens with zero attached hydrogens (tertiary/aromatic N) is 1. The minimum absolute atomic E-state index is 0.0174. The van der Waals surface area contributed by atoms with Gasteiger partial charge in [-0.1, -0.05) is 6.07 Å². The molecule has 2 rings (SSSR count). The van der Waals surface area contributed by atoms with Gasteiger partial charge in [0.2, 0.25) is 0 Å². The van der Waals surface area contributed by atoms with Crippen molar-refractivity contribution in [1.29, 1.82) is 0 Å². The third kappa shape index (κ3) is 1.09. The fourth-order valence-electron chi connectivity index (χ4n) is 1.78. The predicted molar refractivity (Wildman–Crippen MR) is 57.7 cm³/mol. The number of aromatic nitrogens is 2. The van der Waals surface area contributed by atoms with E-state index in [1.165, 1.54) is 5.56 Å². The number of aryl methyl sites for hydroxylation is 3. The Balaban J connectivity index is 2.94. The van der Waals surface area contributed by atoms with Crippen molar-refractivity contribution in [2.24, 2.45) is 0 Å². The Kier molecular flexibility index (Phi) is 1.95. The SMILES string of the molecule is CCn1c(=O)[nH]c2c(C)c(C)ccc21. The average Bonchev–Trinajstić information content (AvgIpc) is 2.49. The van der Waals surface area contributed by atoms with Crippen LogP contribution in [0.4, 0.5) is 0 Å². The lowest BCUT2D eigenvalue weighted by Crippen LogP contribution is -2.14. The molecule has 1 heterocycles. The van der Waals surface area contributed by atoms with Crippen molar-refractivity contribution in [3.8, 4) is 0 Å². The number of hydrogen-bond donors (Lipinski definition) is 1. The topological polar surface area (TPSA) is 37.8 Å². The van der Waals surface area contributed by atoms with E-state index >= 15 is 0 Å². The van der Waals surface area contributed by atoms with Crippen LogP contribution in [0.5, 0.6) is 0 Å². The second-order valence-corrected chi connectivity index (χ2v) is 3.58. The van der Waals surface area contributed by atoms with Crippen LogP contribution in [0.15, 0.2) is 16.9 Å². The predicted octanol–water partition coefficient (Wildman–Crippen LogP) is 1.97. The molecule has 3 heteroatoms. The van der Waals surface area contributed by atoms with Gasteiger partial charge in [-0.05, 0) is 38.0 Å². The zero-order valence-corrected chi connectivity index (χ0v) is 8.72. The lowest BCUT2D eigenvalue weighted by Gasteiger charge is -2.02. The van der Waals surface area contributed by atoms with Gasteiger partial charge in [0.25, 0.3) is 0 Å². The van der Waals surface area contributed by atoms with E-state index in [1.807, 2.05) is 19.9 Å². The summed E-state index contributed by atoms with van der Waals surface area (Å²) in [6.45, 7) is 6.77. The number of fused-ring (bicyclic) bond motifs is 1. The zero-order valence-electron chi connectivity index (χ0n) is 8.72. The summed E-state index contributed by atoms with van der Waals surface area (Å²) in [5, 5.41) is 0. The first-order valence-electron chi connectivity index (χ1n) is 4.84. The van der Waals surface area contributed by atoms with Crippen LogP contribution in [0.3, 0.4) is 0 Å². The molecular weight excluding hydrogens is 176 g/mol. The maximum Gasteiger partial charge on any atom is 0.326 e. The summed E-state index contributed by atoms with van der Waals surface area (Å²) >= 11 is 0. The van der Waals surface area contributed by atoms with Gasteiger partial charge in [-0.15, -0.1) is 0 Å². The Morgan fingerprint density at radius 1 is 1.36 bits per heavy atom. The van der Waals surface area contributed by atoms with Gasteiger partial charge in [0, 0.05) is 6.54 Å². The van der Waals surface area contributed by atoms with Crippen molar-refractivity contribution in [3.63, 3.8) is 0 Å². The molecule has 1 aromatic carbocycles. The molecule has 0 amide bonds. The molecule has 0 unspecified atom stereocenters. The Hall–Kier alpha value is -1.51. The van der Waals surface area contributed by atoms with Crippen LogP contribution in [0.25, 0.3) is 11.0 Å². The van der Waals surface area contributed by atoms with E-state index in [1.54, 1.807) is 4.57 Å². The molecule has 14 heavy (non-hydrogen) atoms. The molecule has 1 N–H and O–H groups in total. The number of benzene rings is 1. The number of hydrogen-bond acceptors (Lipinski definition) is 1. The van der Waals surface area contributed by atoms with Crippen LogP contribution in [0.2, 0.25) is 0 Å². The molecule has 0 aliphatic rings. The fraction of sp³-hybridized carbons (Fsp3) is 0.364. The van der Waals surface area contributed by atoms with Crippen LogP contribution in [-0.4, -0.2) is 9.55 Å². The molecule has 0 bridgehead atoms. The molecule has 0 radical (unpaired) electrons. The summed E-state index contributed by atoms with van der Waals surface area (Å²) in [5.74, 6) is 0. The lowest BCUT2D eigenvalue weighted by molar-refractivity contribution is 0.753. The van der Waals surface area contributed by atoms with Crippen molar-refractivity contribution in [3.05, 3.63) is 33.7 Å². The number of nitrogens with one attached hydrogen (secondary N) is 1. The molecule has 0 aliphatic carbocycles. The molecule has 0 saturated carbocycles. The zero-order chi connectivity index (χ0) is 10.3. The molecule has 1 aromatic heterocycles. The van der Waals surface area contributed by atoms with Gasteiger partial charge in [-0.2, -0.15) is 0 Å². The first-order valence-corrected chi connectivity index (χ1v) is 4.84. The van der Waals surface area contributed by atoms with E-state index < -0.39 is 0 Å². The summed E-state index contributed by atoms with van der Waals surface area (Å²) in [4.78, 5) is 14.4. The normalized spacial score (nSPS) is 11.1. The largest absolute Gasteiger partial charge is 0.326 e. The second-order valence-electron chi connectivity index (χ2n) is 3.58. The Bertz CT molecular complexity index is 534. The van der Waals surface area contributed by atoms with Crippen LogP contribution < -0.4 is 5.69 Å². The summed E-state index contributed by atoms with van der Waals surface area (Å²) in [7, 11) is 0. The third-order valence-electron chi connectivity index (χ3n) is 2.80. The van der Waals surface area contributed by atoms with Gasteiger partial charge in [0.05, 0.1) is 11.0 Å². The van der Waals surface area contributed by atoms with Gasteiger partial charge >= 0.3 is 5.69 Å². The minimum atomic E-state index is -0.0174. The maximum atomic E-state index is 11.5. The molecule has 74 valence electrons. The number of imidazole rings is 1. The van der Waals surface area contributed by atoms with Gasteiger partial charge < -0.3 is 4.98 Å². The average molecular weight is 190 g/mol. The molecular formula is C11H14N2O. The second kappa shape index (κ2) is 3.01. The monoisotopic (exact) mass is 190 g/mol.